The van der Waals surface area contributed by atoms with Crippen LogP contribution in [0.5, 0.6) is 0 Å². The van der Waals surface area contributed by atoms with E-state index in [0.29, 0.717) is 12.1 Å². The summed E-state index contributed by atoms with van der Waals surface area (Å²) in [6, 6.07) is 5.20. The molecule has 1 amide bonds. The van der Waals surface area contributed by atoms with Gasteiger partial charge in [0.2, 0.25) is 0 Å². The van der Waals surface area contributed by atoms with E-state index in [1.807, 2.05) is 12.1 Å². The number of carbonyl (C=O) groups is 1. The van der Waals surface area contributed by atoms with Crippen molar-refractivity contribution in [2.24, 2.45) is 0 Å². The molecule has 6 heteroatoms. The zero-order valence-electron chi connectivity index (χ0n) is 10.4. The van der Waals surface area contributed by atoms with Gasteiger partial charge in [0.1, 0.15) is 5.82 Å². The summed E-state index contributed by atoms with van der Waals surface area (Å²) in [5.41, 5.74) is 6.86. The van der Waals surface area contributed by atoms with Gasteiger partial charge >= 0.3 is 0 Å². The molecule has 0 spiro atoms. The zero-order chi connectivity index (χ0) is 13.8. The van der Waals surface area contributed by atoms with E-state index in [0.717, 1.165) is 5.56 Å². The summed E-state index contributed by atoms with van der Waals surface area (Å²) < 4.78 is 0. The number of carbonyl (C=O) groups excluding carboxylic acids is 1. The Morgan fingerprint density at radius 3 is 2.95 bits per heavy atom. The highest BCUT2D eigenvalue weighted by Gasteiger charge is 2.16. The van der Waals surface area contributed by atoms with Crippen LogP contribution in [0.3, 0.4) is 0 Å². The van der Waals surface area contributed by atoms with Crippen LogP contribution >= 0.6 is 11.6 Å². The molecule has 0 unspecified atom stereocenters. The van der Waals surface area contributed by atoms with Crippen molar-refractivity contribution >= 4 is 23.3 Å². The van der Waals surface area contributed by atoms with Crippen LogP contribution in [0.2, 0.25) is 5.02 Å². The molecule has 0 atom stereocenters. The number of nitrogens with two attached hydrogens (primary N) is 1. The summed E-state index contributed by atoms with van der Waals surface area (Å²) in [5.74, 6) is 0.0606. The molecule has 0 saturated carbocycles. The van der Waals surface area contributed by atoms with Crippen molar-refractivity contribution < 1.29 is 4.79 Å². The van der Waals surface area contributed by atoms with Gasteiger partial charge < -0.3 is 10.6 Å². The largest absolute Gasteiger partial charge is 0.384 e. The average Bonchev–Trinajstić information content (AvgIpc) is 2.42. The number of halogens is 1. The maximum Gasteiger partial charge on any atom is 0.255 e. The molecule has 2 aromatic heterocycles. The summed E-state index contributed by atoms with van der Waals surface area (Å²) in [6.45, 7) is 0.450. The van der Waals surface area contributed by atoms with Gasteiger partial charge in [-0.1, -0.05) is 17.7 Å². The number of aromatic nitrogens is 2. The van der Waals surface area contributed by atoms with Gasteiger partial charge in [0.25, 0.3) is 5.91 Å². The van der Waals surface area contributed by atoms with Crippen LogP contribution in [0.1, 0.15) is 15.9 Å². The number of hydrogen-bond acceptors (Lipinski definition) is 4. The SMILES string of the molecule is CN(Cc1cccnc1)C(=O)c1cc(N)ncc1Cl. The molecule has 0 aliphatic rings. The van der Waals surface area contributed by atoms with Crippen molar-refractivity contribution in [3.63, 3.8) is 0 Å². The fourth-order valence-electron chi connectivity index (χ4n) is 1.66. The molecule has 0 fully saturated rings. The van der Waals surface area contributed by atoms with Crippen LogP contribution in [0, 0.1) is 0 Å². The number of anilines is 1. The molecular weight excluding hydrogens is 264 g/mol. The van der Waals surface area contributed by atoms with Crippen LogP contribution in [-0.2, 0) is 6.54 Å². The summed E-state index contributed by atoms with van der Waals surface area (Å²) in [7, 11) is 1.70. The first-order valence-corrected chi connectivity index (χ1v) is 6.01. The Morgan fingerprint density at radius 1 is 1.47 bits per heavy atom. The second-order valence-electron chi connectivity index (χ2n) is 4.11. The number of hydrogen-bond donors (Lipinski definition) is 1. The van der Waals surface area contributed by atoms with E-state index in [2.05, 4.69) is 9.97 Å². The molecule has 0 radical (unpaired) electrons. The smallest absolute Gasteiger partial charge is 0.255 e. The third kappa shape index (κ3) is 3.20. The first-order valence-electron chi connectivity index (χ1n) is 5.63. The number of amides is 1. The number of pyridine rings is 2. The summed E-state index contributed by atoms with van der Waals surface area (Å²) >= 11 is 5.96. The molecule has 0 aliphatic heterocycles. The van der Waals surface area contributed by atoms with E-state index in [-0.39, 0.29) is 16.7 Å². The Bertz CT molecular complexity index is 588. The molecule has 5 nitrogen and oxygen atoms in total. The van der Waals surface area contributed by atoms with Crippen LogP contribution in [0.25, 0.3) is 0 Å². The monoisotopic (exact) mass is 276 g/mol. The van der Waals surface area contributed by atoms with Crippen molar-refractivity contribution in [3.05, 3.63) is 52.9 Å². The van der Waals surface area contributed by atoms with Crippen LogP contribution in [0.4, 0.5) is 5.82 Å². The van der Waals surface area contributed by atoms with E-state index < -0.39 is 0 Å². The molecule has 2 aromatic rings. The average molecular weight is 277 g/mol. The Labute approximate surface area is 116 Å². The third-order valence-electron chi connectivity index (χ3n) is 2.60. The highest BCUT2D eigenvalue weighted by atomic mass is 35.5. The minimum atomic E-state index is -0.206. The fourth-order valence-corrected chi connectivity index (χ4v) is 1.85. The predicted octanol–water partition coefficient (Wildman–Crippen LogP) is 1.98. The highest BCUT2D eigenvalue weighted by molar-refractivity contribution is 6.33. The quantitative estimate of drug-likeness (QED) is 0.930. The van der Waals surface area contributed by atoms with Gasteiger partial charge in [-0.2, -0.15) is 0 Å². The van der Waals surface area contributed by atoms with Crippen LogP contribution < -0.4 is 5.73 Å². The lowest BCUT2D eigenvalue weighted by molar-refractivity contribution is 0.0785. The van der Waals surface area contributed by atoms with Gasteiger partial charge in [-0.05, 0) is 17.7 Å². The predicted molar refractivity (Wildman–Crippen MR) is 73.7 cm³/mol. The van der Waals surface area contributed by atoms with E-state index >= 15 is 0 Å². The molecule has 0 saturated heterocycles. The number of nitrogen functional groups attached to an aromatic ring is 1. The zero-order valence-corrected chi connectivity index (χ0v) is 11.1. The number of nitrogens with zero attached hydrogens (tertiary/aromatic N) is 3. The number of rotatable bonds is 3. The lowest BCUT2D eigenvalue weighted by Gasteiger charge is -2.17. The van der Waals surface area contributed by atoms with Crippen LogP contribution in [0.15, 0.2) is 36.8 Å². The molecule has 0 aliphatic carbocycles. The maximum absolute atomic E-state index is 12.3. The summed E-state index contributed by atoms with van der Waals surface area (Å²) in [5, 5.41) is 0.289. The molecule has 2 rings (SSSR count). The summed E-state index contributed by atoms with van der Waals surface area (Å²) in [6.07, 6.45) is 4.78. The van der Waals surface area contributed by atoms with Crippen LogP contribution in [-0.4, -0.2) is 27.8 Å². The lowest BCUT2D eigenvalue weighted by Crippen LogP contribution is -2.26. The Hall–Kier alpha value is -2.14. The molecule has 98 valence electrons. The van der Waals surface area contributed by atoms with Gasteiger partial charge in [0.05, 0.1) is 10.6 Å². The van der Waals surface area contributed by atoms with Gasteiger partial charge in [-0.15, -0.1) is 0 Å². The first-order chi connectivity index (χ1) is 9.08. The van der Waals surface area contributed by atoms with Crippen molar-refractivity contribution in [2.45, 2.75) is 6.54 Å². The molecule has 2 N–H and O–H groups in total. The van der Waals surface area contributed by atoms with E-state index in [1.165, 1.54) is 12.3 Å². The van der Waals surface area contributed by atoms with Crippen molar-refractivity contribution in [2.75, 3.05) is 12.8 Å². The molecule has 0 aromatic carbocycles. The standard InChI is InChI=1S/C13H13ClN4O/c1-18(8-9-3-2-4-16-6-9)13(19)10-5-12(15)17-7-11(10)14/h2-7H,8H2,1H3,(H2,15,17). The second-order valence-corrected chi connectivity index (χ2v) is 4.52. The van der Waals surface area contributed by atoms with Crippen molar-refractivity contribution in [1.82, 2.24) is 14.9 Å². The molecule has 19 heavy (non-hydrogen) atoms. The molecule has 0 bridgehead atoms. The first kappa shape index (κ1) is 13.3. The molecular formula is C13H13ClN4O. The topological polar surface area (TPSA) is 72.1 Å². The van der Waals surface area contributed by atoms with E-state index in [4.69, 9.17) is 17.3 Å². The van der Waals surface area contributed by atoms with Gasteiger partial charge in [-0.25, -0.2) is 4.98 Å². The Morgan fingerprint density at radius 2 is 2.26 bits per heavy atom. The maximum atomic E-state index is 12.3. The van der Waals surface area contributed by atoms with Gasteiger partial charge in [-0.3, -0.25) is 9.78 Å². The Kier molecular flexibility index (Phi) is 3.97. The van der Waals surface area contributed by atoms with Crippen molar-refractivity contribution in [3.8, 4) is 0 Å². The van der Waals surface area contributed by atoms with E-state index in [1.54, 1.807) is 24.3 Å². The minimum Gasteiger partial charge on any atom is -0.384 e. The summed E-state index contributed by atoms with van der Waals surface area (Å²) in [4.78, 5) is 21.7. The normalized spacial score (nSPS) is 10.2. The Balaban J connectivity index is 2.17. The van der Waals surface area contributed by atoms with E-state index in [9.17, 15) is 4.79 Å². The second kappa shape index (κ2) is 5.67. The lowest BCUT2D eigenvalue weighted by atomic mass is 10.2. The fraction of sp³-hybridized carbons (Fsp3) is 0.154. The van der Waals surface area contributed by atoms with Crippen molar-refractivity contribution in [1.29, 1.82) is 0 Å². The minimum absolute atomic E-state index is 0.206. The van der Waals surface area contributed by atoms with Gasteiger partial charge in [0.15, 0.2) is 0 Å². The van der Waals surface area contributed by atoms with Gasteiger partial charge in [0, 0.05) is 32.2 Å². The molecule has 2 heterocycles. The third-order valence-corrected chi connectivity index (χ3v) is 2.90. The highest BCUT2D eigenvalue weighted by Crippen LogP contribution is 2.18.